The number of halogens is 1. The van der Waals surface area contributed by atoms with Gasteiger partial charge in [0.25, 0.3) is 0 Å². The van der Waals surface area contributed by atoms with E-state index in [1.807, 2.05) is 29.6 Å². The first kappa shape index (κ1) is 13.5. The zero-order valence-electron chi connectivity index (χ0n) is 10.2. The summed E-state index contributed by atoms with van der Waals surface area (Å²) in [5.41, 5.74) is 2.00. The Kier molecular flexibility index (Phi) is 4.72. The Bertz CT molecular complexity index is 494. The molecule has 0 saturated carbocycles. The number of nitrogens with zero attached hydrogens (tertiary/aromatic N) is 1. The minimum atomic E-state index is -0.389. The fourth-order valence-corrected chi connectivity index (χ4v) is 2.58. The van der Waals surface area contributed by atoms with Crippen LogP contribution in [0.25, 0.3) is 0 Å². The molecular formula is C13H14ClNO2S. The molecule has 2 rings (SSSR count). The average molecular weight is 284 g/mol. The molecule has 1 aromatic heterocycles. The van der Waals surface area contributed by atoms with Crippen molar-refractivity contribution in [2.75, 3.05) is 14.2 Å². The van der Waals surface area contributed by atoms with Gasteiger partial charge >= 0.3 is 0 Å². The molecule has 2 aromatic rings. The number of hydrogen-bond acceptors (Lipinski definition) is 4. The van der Waals surface area contributed by atoms with Crippen LogP contribution in [0.5, 0.6) is 0 Å². The molecule has 3 nitrogen and oxygen atoms in total. The number of methoxy groups -OCH3 is 2. The number of ether oxygens (including phenoxy) is 2. The second-order valence-corrected chi connectivity index (χ2v) is 5.15. The molecule has 5 heteroatoms. The summed E-state index contributed by atoms with van der Waals surface area (Å²) in [5.74, 6) is 0. The zero-order valence-corrected chi connectivity index (χ0v) is 11.8. The van der Waals surface area contributed by atoms with Crippen molar-refractivity contribution in [3.63, 3.8) is 0 Å². The van der Waals surface area contributed by atoms with Gasteiger partial charge in [-0.05, 0) is 17.7 Å². The van der Waals surface area contributed by atoms with Crippen LogP contribution < -0.4 is 0 Å². The van der Waals surface area contributed by atoms with Gasteiger partial charge in [-0.3, -0.25) is 0 Å². The number of aromatic nitrogens is 1. The first-order valence-electron chi connectivity index (χ1n) is 5.47. The van der Waals surface area contributed by atoms with E-state index < -0.39 is 0 Å². The maximum Gasteiger partial charge on any atom is 0.201 e. The molecule has 0 aliphatic carbocycles. The molecule has 0 aliphatic rings. The minimum absolute atomic E-state index is 0.389. The lowest BCUT2D eigenvalue weighted by molar-refractivity contribution is -0.108. The molecule has 0 radical (unpaired) electrons. The Morgan fingerprint density at radius 1 is 1.22 bits per heavy atom. The minimum Gasteiger partial charge on any atom is -0.350 e. The van der Waals surface area contributed by atoms with Crippen LogP contribution in [-0.2, 0) is 15.9 Å². The predicted molar refractivity (Wildman–Crippen MR) is 73.1 cm³/mol. The summed E-state index contributed by atoms with van der Waals surface area (Å²) in [6.07, 6.45) is 0.405. The van der Waals surface area contributed by atoms with Crippen molar-refractivity contribution in [2.45, 2.75) is 12.7 Å². The summed E-state index contributed by atoms with van der Waals surface area (Å²) in [7, 11) is 3.21. The van der Waals surface area contributed by atoms with E-state index in [4.69, 9.17) is 21.1 Å². The van der Waals surface area contributed by atoms with Crippen molar-refractivity contribution in [3.05, 3.63) is 50.9 Å². The van der Waals surface area contributed by atoms with Gasteiger partial charge in [0.2, 0.25) is 6.29 Å². The maximum atomic E-state index is 5.85. The van der Waals surface area contributed by atoms with E-state index in [2.05, 4.69) is 4.98 Å². The van der Waals surface area contributed by atoms with Crippen LogP contribution in [0.1, 0.15) is 22.6 Å². The van der Waals surface area contributed by atoms with Crippen LogP contribution in [0.15, 0.2) is 29.6 Å². The highest BCUT2D eigenvalue weighted by Gasteiger charge is 2.13. The monoisotopic (exact) mass is 283 g/mol. The van der Waals surface area contributed by atoms with Crippen molar-refractivity contribution in [1.82, 2.24) is 4.98 Å². The molecule has 0 unspecified atom stereocenters. The Labute approximate surface area is 115 Å². The van der Waals surface area contributed by atoms with Crippen LogP contribution in [-0.4, -0.2) is 19.2 Å². The van der Waals surface area contributed by atoms with E-state index in [1.54, 1.807) is 25.6 Å². The smallest absolute Gasteiger partial charge is 0.201 e. The Hall–Kier alpha value is -0.940. The Morgan fingerprint density at radius 3 is 2.50 bits per heavy atom. The lowest BCUT2D eigenvalue weighted by Gasteiger charge is -2.09. The van der Waals surface area contributed by atoms with Crippen LogP contribution in [0.2, 0.25) is 5.02 Å². The summed E-state index contributed by atoms with van der Waals surface area (Å²) < 4.78 is 10.3. The molecular weight excluding hydrogens is 270 g/mol. The third-order valence-electron chi connectivity index (χ3n) is 2.51. The largest absolute Gasteiger partial charge is 0.350 e. The second kappa shape index (κ2) is 6.29. The van der Waals surface area contributed by atoms with Gasteiger partial charge in [-0.15, -0.1) is 11.3 Å². The van der Waals surface area contributed by atoms with E-state index in [0.717, 1.165) is 22.1 Å². The predicted octanol–water partition coefficient (Wildman–Crippen LogP) is 3.68. The molecule has 0 saturated heterocycles. The van der Waals surface area contributed by atoms with Crippen LogP contribution in [0, 0.1) is 0 Å². The number of benzene rings is 1. The van der Waals surface area contributed by atoms with Gasteiger partial charge in [0.15, 0.2) is 0 Å². The first-order valence-corrected chi connectivity index (χ1v) is 6.73. The van der Waals surface area contributed by atoms with Crippen LogP contribution >= 0.6 is 22.9 Å². The molecule has 1 heterocycles. The quantitative estimate of drug-likeness (QED) is 0.785. The molecule has 18 heavy (non-hydrogen) atoms. The van der Waals surface area contributed by atoms with E-state index >= 15 is 0 Å². The molecule has 96 valence electrons. The average Bonchev–Trinajstić information content (AvgIpc) is 2.82. The third-order valence-corrected chi connectivity index (χ3v) is 3.63. The number of hydrogen-bond donors (Lipinski definition) is 0. The topological polar surface area (TPSA) is 31.4 Å². The molecule has 0 aliphatic heterocycles. The lowest BCUT2D eigenvalue weighted by atomic mass is 10.2. The SMILES string of the molecule is COC(OC)c1csc(Cc2ccc(Cl)cc2)n1. The van der Waals surface area contributed by atoms with Gasteiger partial charge in [-0.2, -0.15) is 0 Å². The van der Waals surface area contributed by atoms with Gasteiger partial charge in [0, 0.05) is 31.0 Å². The normalized spacial score (nSPS) is 11.1. The Balaban J connectivity index is 2.08. The van der Waals surface area contributed by atoms with Gasteiger partial charge < -0.3 is 9.47 Å². The van der Waals surface area contributed by atoms with Crippen molar-refractivity contribution in [1.29, 1.82) is 0 Å². The summed E-state index contributed by atoms with van der Waals surface area (Å²) in [5, 5.41) is 3.74. The molecule has 0 fully saturated rings. The number of rotatable bonds is 5. The number of thiazole rings is 1. The lowest BCUT2D eigenvalue weighted by Crippen LogP contribution is -2.04. The van der Waals surface area contributed by atoms with Crippen LogP contribution in [0.4, 0.5) is 0 Å². The molecule has 0 bridgehead atoms. The van der Waals surface area contributed by atoms with E-state index in [9.17, 15) is 0 Å². The van der Waals surface area contributed by atoms with Gasteiger partial charge in [0.05, 0.1) is 5.01 Å². The second-order valence-electron chi connectivity index (χ2n) is 3.77. The standard InChI is InChI=1S/C13H14ClNO2S/c1-16-13(17-2)11-8-18-12(15-11)7-9-3-5-10(14)6-4-9/h3-6,8,13H,7H2,1-2H3. The molecule has 0 atom stereocenters. The maximum absolute atomic E-state index is 5.85. The fraction of sp³-hybridized carbons (Fsp3) is 0.308. The fourth-order valence-electron chi connectivity index (χ4n) is 1.63. The summed E-state index contributed by atoms with van der Waals surface area (Å²) in [6.45, 7) is 0. The molecule has 0 amide bonds. The molecule has 0 N–H and O–H groups in total. The highest BCUT2D eigenvalue weighted by molar-refractivity contribution is 7.09. The molecule has 0 spiro atoms. The van der Waals surface area contributed by atoms with E-state index in [-0.39, 0.29) is 6.29 Å². The Morgan fingerprint density at radius 2 is 1.89 bits per heavy atom. The van der Waals surface area contributed by atoms with Gasteiger partial charge in [-0.25, -0.2) is 4.98 Å². The summed E-state index contributed by atoms with van der Waals surface area (Å²) in [6, 6.07) is 7.79. The highest BCUT2D eigenvalue weighted by atomic mass is 35.5. The first-order chi connectivity index (χ1) is 8.72. The van der Waals surface area contributed by atoms with Gasteiger partial charge in [0.1, 0.15) is 5.69 Å². The zero-order chi connectivity index (χ0) is 13.0. The van der Waals surface area contributed by atoms with Crippen molar-refractivity contribution in [2.24, 2.45) is 0 Å². The van der Waals surface area contributed by atoms with E-state index in [0.29, 0.717) is 0 Å². The van der Waals surface area contributed by atoms with Crippen LogP contribution in [0.3, 0.4) is 0 Å². The van der Waals surface area contributed by atoms with E-state index in [1.165, 1.54) is 5.56 Å². The highest BCUT2D eigenvalue weighted by Crippen LogP contribution is 2.22. The van der Waals surface area contributed by atoms with Crippen molar-refractivity contribution >= 4 is 22.9 Å². The van der Waals surface area contributed by atoms with Crippen molar-refractivity contribution in [3.8, 4) is 0 Å². The molecule has 1 aromatic carbocycles. The van der Waals surface area contributed by atoms with Gasteiger partial charge in [-0.1, -0.05) is 23.7 Å². The van der Waals surface area contributed by atoms with Crippen molar-refractivity contribution < 1.29 is 9.47 Å². The summed E-state index contributed by atoms with van der Waals surface area (Å²) in [4.78, 5) is 4.51. The third kappa shape index (κ3) is 3.29. The summed E-state index contributed by atoms with van der Waals surface area (Å²) >= 11 is 7.46.